The molecule has 0 saturated carbocycles. The van der Waals surface area contributed by atoms with E-state index < -0.39 is 17.4 Å². The van der Waals surface area contributed by atoms with Crippen LogP contribution in [0.3, 0.4) is 0 Å². The first kappa shape index (κ1) is 14.9. The third-order valence-electron chi connectivity index (χ3n) is 2.47. The molecule has 0 unspecified atom stereocenters. The number of urea groups is 1. The average Bonchev–Trinajstić information content (AvgIpc) is 2.72. The Morgan fingerprint density at radius 1 is 1.37 bits per heavy atom. The number of carboxylic acids is 1. The van der Waals surface area contributed by atoms with Crippen LogP contribution in [0, 0.1) is 12.3 Å². The topological polar surface area (TPSA) is 117 Å². The van der Waals surface area contributed by atoms with Crippen molar-refractivity contribution in [2.45, 2.75) is 27.2 Å². The molecule has 0 aliphatic rings. The van der Waals surface area contributed by atoms with Gasteiger partial charge in [-0.05, 0) is 13.8 Å². The van der Waals surface area contributed by atoms with Crippen molar-refractivity contribution in [1.29, 1.82) is 0 Å². The summed E-state index contributed by atoms with van der Waals surface area (Å²) >= 11 is 0. The molecule has 1 rings (SSSR count). The third kappa shape index (κ3) is 4.94. The number of carbonyl (C=O) groups excluding carboxylic acids is 1. The van der Waals surface area contributed by atoms with Crippen molar-refractivity contribution in [2.24, 2.45) is 5.41 Å². The van der Waals surface area contributed by atoms with Crippen molar-refractivity contribution < 1.29 is 19.2 Å². The zero-order valence-corrected chi connectivity index (χ0v) is 11.2. The molecule has 1 aromatic rings. The number of hydrogen-bond acceptors (Lipinski definition) is 5. The molecule has 0 aliphatic heterocycles. The third-order valence-corrected chi connectivity index (χ3v) is 2.47. The first-order valence-electron chi connectivity index (χ1n) is 5.85. The van der Waals surface area contributed by atoms with Crippen LogP contribution in [0.15, 0.2) is 4.52 Å². The van der Waals surface area contributed by atoms with E-state index in [0.29, 0.717) is 24.7 Å². The Balaban J connectivity index is 2.23. The molecule has 19 heavy (non-hydrogen) atoms. The van der Waals surface area contributed by atoms with Gasteiger partial charge in [0.05, 0.1) is 5.41 Å². The van der Waals surface area contributed by atoms with Crippen molar-refractivity contribution in [3.8, 4) is 0 Å². The fraction of sp³-hybridized carbons (Fsp3) is 0.636. The number of aromatic nitrogens is 2. The van der Waals surface area contributed by atoms with Gasteiger partial charge in [-0.2, -0.15) is 4.98 Å². The summed E-state index contributed by atoms with van der Waals surface area (Å²) in [6.45, 7) is 5.16. The van der Waals surface area contributed by atoms with Gasteiger partial charge < -0.3 is 20.3 Å². The van der Waals surface area contributed by atoms with Crippen LogP contribution < -0.4 is 10.6 Å². The van der Waals surface area contributed by atoms with Gasteiger partial charge in [0.2, 0.25) is 5.89 Å². The summed E-state index contributed by atoms with van der Waals surface area (Å²) in [7, 11) is 0. The SMILES string of the molecule is Cc1nc(CCNC(=O)NCC(C)(C)C(=O)O)no1. The van der Waals surface area contributed by atoms with Gasteiger partial charge in [-0.1, -0.05) is 5.16 Å². The normalized spacial score (nSPS) is 11.1. The number of aryl methyl sites for hydroxylation is 1. The molecule has 1 heterocycles. The lowest BCUT2D eigenvalue weighted by Crippen LogP contribution is -2.44. The van der Waals surface area contributed by atoms with Crippen LogP contribution in [0.2, 0.25) is 0 Å². The summed E-state index contributed by atoms with van der Waals surface area (Å²) in [5, 5.41) is 17.7. The number of carboxylic acid groups (broad SMARTS) is 1. The minimum Gasteiger partial charge on any atom is -0.481 e. The zero-order valence-electron chi connectivity index (χ0n) is 11.2. The van der Waals surface area contributed by atoms with Gasteiger partial charge in [0.15, 0.2) is 5.82 Å². The fourth-order valence-corrected chi connectivity index (χ4v) is 1.17. The maximum absolute atomic E-state index is 11.4. The van der Waals surface area contributed by atoms with E-state index >= 15 is 0 Å². The van der Waals surface area contributed by atoms with E-state index in [0.717, 1.165) is 0 Å². The Hall–Kier alpha value is -2.12. The second kappa shape index (κ2) is 6.17. The molecule has 0 bridgehead atoms. The number of rotatable bonds is 6. The number of carbonyl (C=O) groups is 2. The molecule has 8 nitrogen and oxygen atoms in total. The van der Waals surface area contributed by atoms with Gasteiger partial charge in [-0.25, -0.2) is 4.79 Å². The smallest absolute Gasteiger partial charge is 0.314 e. The maximum Gasteiger partial charge on any atom is 0.314 e. The number of amides is 2. The number of hydrogen-bond donors (Lipinski definition) is 3. The lowest BCUT2D eigenvalue weighted by Gasteiger charge is -2.19. The summed E-state index contributed by atoms with van der Waals surface area (Å²) in [6.07, 6.45) is 0.451. The van der Waals surface area contributed by atoms with Crippen molar-refractivity contribution in [1.82, 2.24) is 20.8 Å². The number of aliphatic carboxylic acids is 1. The molecule has 0 atom stereocenters. The highest BCUT2D eigenvalue weighted by Crippen LogP contribution is 2.12. The van der Waals surface area contributed by atoms with Crippen LogP contribution in [0.25, 0.3) is 0 Å². The fourth-order valence-electron chi connectivity index (χ4n) is 1.17. The Bertz CT molecular complexity index is 455. The quantitative estimate of drug-likeness (QED) is 0.685. The molecule has 0 saturated heterocycles. The lowest BCUT2D eigenvalue weighted by molar-refractivity contribution is -0.146. The first-order chi connectivity index (χ1) is 8.81. The lowest BCUT2D eigenvalue weighted by atomic mass is 9.94. The molecule has 8 heteroatoms. The molecule has 0 aliphatic carbocycles. The van der Waals surface area contributed by atoms with Crippen molar-refractivity contribution in [3.05, 3.63) is 11.7 Å². The van der Waals surface area contributed by atoms with Crippen LogP contribution in [-0.2, 0) is 11.2 Å². The summed E-state index contributed by atoms with van der Waals surface area (Å²) < 4.78 is 4.79. The van der Waals surface area contributed by atoms with Crippen LogP contribution >= 0.6 is 0 Å². The number of nitrogens with zero attached hydrogens (tertiary/aromatic N) is 2. The summed E-state index contributed by atoms with van der Waals surface area (Å²) in [4.78, 5) is 26.3. The number of nitrogens with one attached hydrogen (secondary N) is 2. The van der Waals surface area contributed by atoms with Crippen molar-refractivity contribution in [2.75, 3.05) is 13.1 Å². The molecule has 0 radical (unpaired) electrons. The highest BCUT2D eigenvalue weighted by Gasteiger charge is 2.27. The Kier molecular flexibility index (Phi) is 4.85. The van der Waals surface area contributed by atoms with E-state index in [1.54, 1.807) is 6.92 Å². The summed E-state index contributed by atoms with van der Waals surface area (Å²) in [5.41, 5.74) is -0.998. The van der Waals surface area contributed by atoms with Gasteiger partial charge in [0.1, 0.15) is 0 Å². The highest BCUT2D eigenvalue weighted by molar-refractivity contribution is 5.77. The van der Waals surface area contributed by atoms with Gasteiger partial charge in [-0.3, -0.25) is 4.79 Å². The minimum absolute atomic E-state index is 0.0511. The second-order valence-electron chi connectivity index (χ2n) is 4.78. The van der Waals surface area contributed by atoms with E-state index in [4.69, 9.17) is 9.63 Å². The van der Waals surface area contributed by atoms with Crippen LogP contribution in [0.1, 0.15) is 25.6 Å². The molecule has 1 aromatic heterocycles. The largest absolute Gasteiger partial charge is 0.481 e. The molecule has 2 amide bonds. The molecule has 106 valence electrons. The van der Waals surface area contributed by atoms with Crippen molar-refractivity contribution >= 4 is 12.0 Å². The van der Waals surface area contributed by atoms with E-state index in [-0.39, 0.29) is 6.54 Å². The Morgan fingerprint density at radius 2 is 2.05 bits per heavy atom. The van der Waals surface area contributed by atoms with Gasteiger partial charge >= 0.3 is 12.0 Å². The molecule has 0 spiro atoms. The average molecular weight is 270 g/mol. The monoisotopic (exact) mass is 270 g/mol. The van der Waals surface area contributed by atoms with E-state index in [2.05, 4.69) is 20.8 Å². The molecular weight excluding hydrogens is 252 g/mol. The van der Waals surface area contributed by atoms with Crippen LogP contribution in [0.5, 0.6) is 0 Å². The van der Waals surface area contributed by atoms with Gasteiger partial charge in [-0.15, -0.1) is 0 Å². The van der Waals surface area contributed by atoms with Crippen LogP contribution in [-0.4, -0.2) is 40.3 Å². The highest BCUT2D eigenvalue weighted by atomic mass is 16.5. The first-order valence-corrected chi connectivity index (χ1v) is 5.85. The zero-order chi connectivity index (χ0) is 14.5. The van der Waals surface area contributed by atoms with Gasteiger partial charge in [0.25, 0.3) is 0 Å². The Morgan fingerprint density at radius 3 is 2.58 bits per heavy atom. The Labute approximate surface area is 110 Å². The predicted molar refractivity (Wildman–Crippen MR) is 65.6 cm³/mol. The van der Waals surface area contributed by atoms with E-state index in [9.17, 15) is 9.59 Å². The predicted octanol–water partition coefficient (Wildman–Crippen LogP) is 0.331. The van der Waals surface area contributed by atoms with Crippen molar-refractivity contribution in [3.63, 3.8) is 0 Å². The standard InChI is InChI=1S/C11H18N4O4/c1-7-14-8(15-19-7)4-5-12-10(18)13-6-11(2,3)9(16)17/h4-6H2,1-3H3,(H,16,17)(H2,12,13,18). The van der Waals surface area contributed by atoms with Gasteiger partial charge in [0, 0.05) is 26.4 Å². The molecular formula is C11H18N4O4. The molecule has 3 N–H and O–H groups in total. The summed E-state index contributed by atoms with van der Waals surface area (Å²) in [5.74, 6) is 0.0291. The van der Waals surface area contributed by atoms with E-state index in [1.807, 2.05) is 0 Å². The van der Waals surface area contributed by atoms with E-state index in [1.165, 1.54) is 13.8 Å². The molecule has 0 aromatic carbocycles. The summed E-state index contributed by atoms with van der Waals surface area (Å²) in [6, 6.07) is -0.422. The minimum atomic E-state index is -0.998. The second-order valence-corrected chi connectivity index (χ2v) is 4.78. The molecule has 0 fully saturated rings. The maximum atomic E-state index is 11.4. The van der Waals surface area contributed by atoms with Crippen LogP contribution in [0.4, 0.5) is 4.79 Å².